The minimum atomic E-state index is -4.41. The Bertz CT molecular complexity index is 560. The summed E-state index contributed by atoms with van der Waals surface area (Å²) in [5.74, 6) is 0. The van der Waals surface area contributed by atoms with Gasteiger partial charge in [0.05, 0.1) is 11.3 Å². The van der Waals surface area contributed by atoms with E-state index in [4.69, 9.17) is 17.3 Å². The smallest absolute Gasteiger partial charge is 0.323 e. The van der Waals surface area contributed by atoms with Gasteiger partial charge in [-0.2, -0.15) is 13.2 Å². The molecule has 2 aromatic rings. The molecule has 17 heavy (non-hydrogen) atoms. The van der Waals surface area contributed by atoms with Crippen LogP contribution >= 0.6 is 11.6 Å². The molecule has 92 valence electrons. The van der Waals surface area contributed by atoms with Crippen LogP contribution in [0.4, 0.5) is 13.2 Å². The predicted molar refractivity (Wildman–Crippen MR) is 57.8 cm³/mol. The topological polar surface area (TPSA) is 43.3 Å². The molecule has 0 saturated heterocycles. The van der Waals surface area contributed by atoms with E-state index in [1.165, 1.54) is 10.5 Å². The lowest BCUT2D eigenvalue weighted by Gasteiger charge is -2.06. The number of rotatable bonds is 1. The van der Waals surface area contributed by atoms with Crippen LogP contribution in [0, 0.1) is 0 Å². The van der Waals surface area contributed by atoms with Crippen molar-refractivity contribution in [1.82, 2.24) is 9.38 Å². The fourth-order valence-electron chi connectivity index (χ4n) is 1.49. The molecule has 0 aliphatic rings. The Labute approximate surface area is 100 Å². The molecule has 0 fully saturated rings. The fraction of sp³-hybridized carbons (Fsp3) is 0.300. The van der Waals surface area contributed by atoms with E-state index in [-0.39, 0.29) is 5.15 Å². The maximum Gasteiger partial charge on any atom is 0.417 e. The van der Waals surface area contributed by atoms with Gasteiger partial charge in [0.15, 0.2) is 0 Å². The van der Waals surface area contributed by atoms with Crippen LogP contribution in [0.2, 0.25) is 5.15 Å². The minimum absolute atomic E-state index is 0.112. The van der Waals surface area contributed by atoms with E-state index < -0.39 is 17.8 Å². The number of imidazole rings is 1. The second-order valence-corrected chi connectivity index (χ2v) is 4.08. The fourth-order valence-corrected chi connectivity index (χ4v) is 1.84. The molecular weight excluding hydrogens is 255 g/mol. The Morgan fingerprint density at radius 3 is 2.59 bits per heavy atom. The van der Waals surface area contributed by atoms with E-state index >= 15 is 0 Å². The zero-order valence-corrected chi connectivity index (χ0v) is 9.55. The van der Waals surface area contributed by atoms with Crippen molar-refractivity contribution >= 4 is 17.2 Å². The number of nitrogens with two attached hydrogens (primary N) is 1. The van der Waals surface area contributed by atoms with E-state index in [1.54, 1.807) is 6.92 Å². The molecule has 2 heterocycles. The lowest BCUT2D eigenvalue weighted by atomic mass is 10.3. The molecule has 3 nitrogen and oxygen atoms in total. The molecule has 0 aromatic carbocycles. The van der Waals surface area contributed by atoms with Gasteiger partial charge in [0.1, 0.15) is 10.8 Å². The van der Waals surface area contributed by atoms with Crippen LogP contribution in [0.5, 0.6) is 0 Å². The van der Waals surface area contributed by atoms with Gasteiger partial charge in [-0.15, -0.1) is 0 Å². The Balaban J connectivity index is 2.66. The summed E-state index contributed by atoms with van der Waals surface area (Å²) in [5, 5.41) is 0.112. The summed E-state index contributed by atoms with van der Waals surface area (Å²) in [7, 11) is 0. The highest BCUT2D eigenvalue weighted by atomic mass is 35.5. The van der Waals surface area contributed by atoms with Crippen molar-refractivity contribution in [3.63, 3.8) is 0 Å². The third-order valence-electron chi connectivity index (χ3n) is 2.34. The maximum absolute atomic E-state index is 12.5. The van der Waals surface area contributed by atoms with Crippen molar-refractivity contribution in [1.29, 1.82) is 0 Å². The van der Waals surface area contributed by atoms with Crippen molar-refractivity contribution < 1.29 is 13.2 Å². The van der Waals surface area contributed by atoms with Crippen molar-refractivity contribution in [2.24, 2.45) is 5.73 Å². The van der Waals surface area contributed by atoms with Gasteiger partial charge in [0.25, 0.3) is 0 Å². The standard InChI is InChI=1S/C10H9ClF3N3/c1-5(15)8-9(11)17-4-6(10(12,13)14)2-3-7(17)16-8/h2-5H,15H2,1H3. The highest BCUT2D eigenvalue weighted by Gasteiger charge is 2.31. The molecular formula is C10H9ClF3N3. The first-order valence-corrected chi connectivity index (χ1v) is 5.19. The lowest BCUT2D eigenvalue weighted by Crippen LogP contribution is -2.06. The van der Waals surface area contributed by atoms with Crippen LogP contribution in [0.3, 0.4) is 0 Å². The molecule has 1 unspecified atom stereocenters. The van der Waals surface area contributed by atoms with E-state index in [0.29, 0.717) is 11.3 Å². The summed E-state index contributed by atoms with van der Waals surface area (Å²) in [4.78, 5) is 4.07. The molecule has 2 N–H and O–H groups in total. The number of hydrogen-bond donors (Lipinski definition) is 1. The highest BCUT2D eigenvalue weighted by molar-refractivity contribution is 6.30. The van der Waals surface area contributed by atoms with Crippen LogP contribution in [0.15, 0.2) is 18.3 Å². The number of hydrogen-bond acceptors (Lipinski definition) is 2. The van der Waals surface area contributed by atoms with Crippen molar-refractivity contribution in [3.05, 3.63) is 34.7 Å². The first-order valence-electron chi connectivity index (χ1n) is 4.81. The summed E-state index contributed by atoms with van der Waals surface area (Å²) in [6.45, 7) is 1.67. The summed E-state index contributed by atoms with van der Waals surface area (Å²) in [5.41, 5.74) is 5.57. The summed E-state index contributed by atoms with van der Waals surface area (Å²) in [6, 6.07) is 1.79. The van der Waals surface area contributed by atoms with Crippen LogP contribution in [0.25, 0.3) is 5.65 Å². The SMILES string of the molecule is CC(N)c1nc2ccc(C(F)(F)F)cn2c1Cl. The van der Waals surface area contributed by atoms with Crippen LogP contribution in [0.1, 0.15) is 24.2 Å². The molecule has 0 bridgehead atoms. The number of pyridine rings is 1. The number of fused-ring (bicyclic) bond motifs is 1. The number of nitrogens with zero attached hydrogens (tertiary/aromatic N) is 2. The molecule has 2 aromatic heterocycles. The van der Waals surface area contributed by atoms with Crippen LogP contribution in [-0.4, -0.2) is 9.38 Å². The second-order valence-electron chi connectivity index (χ2n) is 3.72. The summed E-state index contributed by atoms with van der Waals surface area (Å²) >= 11 is 5.93. The van der Waals surface area contributed by atoms with Gasteiger partial charge in [-0.05, 0) is 19.1 Å². The van der Waals surface area contributed by atoms with Crippen molar-refractivity contribution in [2.45, 2.75) is 19.1 Å². The normalized spacial score (nSPS) is 14.2. The molecule has 0 radical (unpaired) electrons. The Hall–Kier alpha value is -1.27. The predicted octanol–water partition coefficient (Wildman–Crippen LogP) is 3.03. The van der Waals surface area contributed by atoms with Crippen molar-refractivity contribution in [2.75, 3.05) is 0 Å². The minimum Gasteiger partial charge on any atom is -0.323 e. The molecule has 7 heteroatoms. The molecule has 2 rings (SSSR count). The average molecular weight is 264 g/mol. The number of halogens is 4. The monoisotopic (exact) mass is 263 g/mol. The molecule has 0 aliphatic heterocycles. The zero-order valence-electron chi connectivity index (χ0n) is 8.79. The molecule has 1 atom stereocenters. The van der Waals surface area contributed by atoms with Gasteiger partial charge in [-0.25, -0.2) is 4.98 Å². The number of alkyl halides is 3. The van der Waals surface area contributed by atoms with Crippen LogP contribution < -0.4 is 5.73 Å². The third-order valence-corrected chi connectivity index (χ3v) is 2.72. The third kappa shape index (κ3) is 2.10. The molecule has 0 saturated carbocycles. The highest BCUT2D eigenvalue weighted by Crippen LogP contribution is 2.31. The molecule has 0 spiro atoms. The quantitative estimate of drug-likeness (QED) is 0.859. The average Bonchev–Trinajstić information content (AvgIpc) is 2.54. The van der Waals surface area contributed by atoms with E-state index in [1.807, 2.05) is 0 Å². The largest absolute Gasteiger partial charge is 0.417 e. The Kier molecular flexibility index (Phi) is 2.79. The first kappa shape index (κ1) is 12.2. The van der Waals surface area contributed by atoms with Gasteiger partial charge < -0.3 is 5.73 Å². The summed E-state index contributed by atoms with van der Waals surface area (Å²) < 4.78 is 38.7. The number of aromatic nitrogens is 2. The molecule has 0 amide bonds. The first-order chi connectivity index (χ1) is 7.80. The van der Waals surface area contributed by atoms with E-state index in [0.717, 1.165) is 12.3 Å². The van der Waals surface area contributed by atoms with Gasteiger partial charge >= 0.3 is 6.18 Å². The zero-order chi connectivity index (χ0) is 12.8. The van der Waals surface area contributed by atoms with E-state index in [2.05, 4.69) is 4.98 Å². The summed E-state index contributed by atoms with van der Waals surface area (Å²) in [6.07, 6.45) is -3.49. The van der Waals surface area contributed by atoms with Gasteiger partial charge in [-0.1, -0.05) is 11.6 Å². The van der Waals surface area contributed by atoms with Crippen LogP contribution in [-0.2, 0) is 6.18 Å². The van der Waals surface area contributed by atoms with Crippen molar-refractivity contribution in [3.8, 4) is 0 Å². The van der Waals surface area contributed by atoms with E-state index in [9.17, 15) is 13.2 Å². The lowest BCUT2D eigenvalue weighted by molar-refractivity contribution is -0.137. The Morgan fingerprint density at radius 1 is 1.41 bits per heavy atom. The molecule has 0 aliphatic carbocycles. The van der Waals surface area contributed by atoms with Gasteiger partial charge in [0, 0.05) is 12.2 Å². The Morgan fingerprint density at radius 2 is 2.06 bits per heavy atom. The van der Waals surface area contributed by atoms with Gasteiger partial charge in [0.2, 0.25) is 0 Å². The second kappa shape index (κ2) is 3.89. The van der Waals surface area contributed by atoms with Gasteiger partial charge in [-0.3, -0.25) is 4.40 Å². The maximum atomic E-state index is 12.5.